The number of phenols is 1. The monoisotopic (exact) mass is 557 g/mol. The summed E-state index contributed by atoms with van der Waals surface area (Å²) in [7, 11) is 0. The Morgan fingerprint density at radius 2 is 1.90 bits per heavy atom. The molecule has 2 aliphatic heterocycles. The van der Waals surface area contributed by atoms with Crippen molar-refractivity contribution in [3.63, 3.8) is 0 Å². The number of pyridine rings is 2. The first kappa shape index (κ1) is 26.0. The lowest BCUT2D eigenvalue weighted by atomic mass is 9.85. The van der Waals surface area contributed by atoms with Crippen LogP contribution in [0.3, 0.4) is 0 Å². The van der Waals surface area contributed by atoms with Crippen LogP contribution in [0.25, 0.3) is 22.3 Å². The van der Waals surface area contributed by atoms with Gasteiger partial charge in [-0.2, -0.15) is 0 Å². The summed E-state index contributed by atoms with van der Waals surface area (Å²) >= 11 is 0. The number of cyclic esters (lactones) is 1. The number of benzene rings is 2. The second-order valence-electron chi connectivity index (χ2n) is 9.75. The van der Waals surface area contributed by atoms with Gasteiger partial charge in [-0.05, 0) is 54.8 Å². The Bertz CT molecular complexity index is 1850. The molecule has 2 aromatic heterocycles. The number of fused-ring (bicyclic) bond motifs is 5. The summed E-state index contributed by atoms with van der Waals surface area (Å²) in [6, 6.07) is 11.3. The number of aromatic hydroxyl groups is 1. The van der Waals surface area contributed by atoms with E-state index in [4.69, 9.17) is 19.2 Å². The standard InChI is InChI=1S/C29H23N3O9/c1-3-18-19-11-16(33)7-10-23(19)30-25-20(18)13-31-24(25)12-22-21(26(31)34)14-39-27(35)29(22,4-2)41-28(36)40-17-8-5-15(6-9-17)32(37)38/h5-12,33H,3-4,13-14H2,1-2H3/t29-/m0/s1. The summed E-state index contributed by atoms with van der Waals surface area (Å²) in [6.45, 7) is 3.54. The van der Waals surface area contributed by atoms with Crippen LogP contribution in [0.5, 0.6) is 11.5 Å². The molecule has 1 atom stereocenters. The second kappa shape index (κ2) is 9.44. The van der Waals surface area contributed by atoms with E-state index in [0.29, 0.717) is 23.3 Å². The number of carbonyl (C=O) groups excluding carboxylic acids is 2. The Labute approximate surface area is 231 Å². The molecule has 0 amide bonds. The maximum atomic E-state index is 13.8. The van der Waals surface area contributed by atoms with Gasteiger partial charge in [0.25, 0.3) is 11.2 Å². The number of phenolic OH excluding ortho intramolecular Hbond substituents is 1. The largest absolute Gasteiger partial charge is 0.515 e. The van der Waals surface area contributed by atoms with E-state index in [1.54, 1.807) is 35.8 Å². The second-order valence-corrected chi connectivity index (χ2v) is 9.75. The molecular weight excluding hydrogens is 534 g/mol. The van der Waals surface area contributed by atoms with Gasteiger partial charge in [-0.1, -0.05) is 13.8 Å². The molecule has 0 spiro atoms. The molecule has 0 aliphatic carbocycles. The zero-order valence-electron chi connectivity index (χ0n) is 22.0. The zero-order valence-corrected chi connectivity index (χ0v) is 22.0. The van der Waals surface area contributed by atoms with Crippen molar-refractivity contribution >= 4 is 28.7 Å². The van der Waals surface area contributed by atoms with Gasteiger partial charge < -0.3 is 23.9 Å². The predicted molar refractivity (Wildman–Crippen MR) is 144 cm³/mol. The van der Waals surface area contributed by atoms with Crippen LogP contribution in [-0.2, 0) is 39.4 Å². The van der Waals surface area contributed by atoms with Gasteiger partial charge in [0.05, 0.1) is 33.9 Å². The van der Waals surface area contributed by atoms with Gasteiger partial charge in [0.15, 0.2) is 0 Å². The molecule has 0 bridgehead atoms. The van der Waals surface area contributed by atoms with Crippen molar-refractivity contribution < 1.29 is 33.8 Å². The molecule has 0 saturated heterocycles. The van der Waals surface area contributed by atoms with Crippen molar-refractivity contribution in [3.8, 4) is 22.9 Å². The third kappa shape index (κ3) is 3.98. The third-order valence-electron chi connectivity index (χ3n) is 7.62. The summed E-state index contributed by atoms with van der Waals surface area (Å²) < 4.78 is 17.7. The quantitative estimate of drug-likeness (QED) is 0.141. The number of ether oxygens (including phenoxy) is 3. The number of hydrogen-bond donors (Lipinski definition) is 1. The molecule has 12 nitrogen and oxygen atoms in total. The van der Waals surface area contributed by atoms with Crippen LogP contribution in [0.2, 0.25) is 0 Å². The van der Waals surface area contributed by atoms with Crippen LogP contribution in [0.15, 0.2) is 53.3 Å². The fourth-order valence-corrected chi connectivity index (χ4v) is 5.61. The topological polar surface area (TPSA) is 160 Å². The number of nitro benzene ring substituents is 1. The van der Waals surface area contributed by atoms with Crippen molar-refractivity contribution in [2.75, 3.05) is 0 Å². The highest BCUT2D eigenvalue weighted by atomic mass is 16.7. The Kier molecular flexibility index (Phi) is 5.98. The van der Waals surface area contributed by atoms with Crippen molar-refractivity contribution in [2.45, 2.75) is 45.4 Å². The number of aromatic nitrogens is 2. The van der Waals surface area contributed by atoms with Crippen molar-refractivity contribution in [1.82, 2.24) is 9.55 Å². The fourth-order valence-electron chi connectivity index (χ4n) is 5.61. The van der Waals surface area contributed by atoms with Crippen molar-refractivity contribution in [3.05, 3.63) is 91.3 Å². The Morgan fingerprint density at radius 3 is 2.59 bits per heavy atom. The SMILES string of the molecule is CCc1c2c(nc3ccc(O)cc13)-c1cc3c(c(=O)n1C2)COC(=O)[C@@]3(CC)OC(=O)Oc1ccc([N+](=O)[O-])cc1. The number of rotatable bonds is 5. The summed E-state index contributed by atoms with van der Waals surface area (Å²) in [6.07, 6.45) is -0.677. The average Bonchev–Trinajstić information content (AvgIpc) is 3.32. The molecule has 4 aromatic rings. The van der Waals surface area contributed by atoms with Gasteiger partial charge in [-0.25, -0.2) is 14.6 Å². The number of aryl methyl sites for hydroxylation is 1. The van der Waals surface area contributed by atoms with Gasteiger partial charge >= 0.3 is 12.1 Å². The summed E-state index contributed by atoms with van der Waals surface area (Å²) in [5.41, 5.74) is 1.24. The molecule has 2 aromatic carbocycles. The van der Waals surface area contributed by atoms with Crippen LogP contribution in [0, 0.1) is 10.1 Å². The lowest BCUT2D eigenvalue weighted by Gasteiger charge is -2.35. The van der Waals surface area contributed by atoms with Crippen LogP contribution < -0.4 is 10.3 Å². The van der Waals surface area contributed by atoms with E-state index < -0.39 is 28.2 Å². The Morgan fingerprint density at radius 1 is 1.15 bits per heavy atom. The van der Waals surface area contributed by atoms with Gasteiger partial charge in [0.1, 0.15) is 18.1 Å². The van der Waals surface area contributed by atoms with Gasteiger partial charge in [0, 0.05) is 28.6 Å². The number of hydrogen-bond acceptors (Lipinski definition) is 10. The fraction of sp³-hybridized carbons (Fsp3) is 0.241. The Balaban J connectivity index is 1.44. The first-order valence-electron chi connectivity index (χ1n) is 12.9. The van der Waals surface area contributed by atoms with Gasteiger partial charge in [-0.3, -0.25) is 14.9 Å². The highest BCUT2D eigenvalue weighted by molar-refractivity contribution is 5.90. The van der Waals surface area contributed by atoms with Crippen molar-refractivity contribution in [2.24, 2.45) is 0 Å². The first-order valence-corrected chi connectivity index (χ1v) is 12.9. The zero-order chi connectivity index (χ0) is 29.1. The van der Waals surface area contributed by atoms with E-state index in [-0.39, 0.29) is 47.9 Å². The number of esters is 1. The molecule has 0 saturated carbocycles. The van der Waals surface area contributed by atoms with Crippen LogP contribution in [-0.4, -0.2) is 31.7 Å². The van der Waals surface area contributed by atoms with Crippen LogP contribution in [0.1, 0.15) is 42.5 Å². The summed E-state index contributed by atoms with van der Waals surface area (Å²) in [4.78, 5) is 55.0. The molecule has 1 N–H and O–H groups in total. The smallest absolute Gasteiger partial charge is 0.508 e. The molecule has 0 unspecified atom stereocenters. The number of non-ortho nitro benzene ring substituents is 1. The minimum Gasteiger partial charge on any atom is -0.508 e. The van der Waals surface area contributed by atoms with Crippen LogP contribution in [0.4, 0.5) is 10.5 Å². The lowest BCUT2D eigenvalue weighted by Crippen LogP contribution is -2.47. The van der Waals surface area contributed by atoms with E-state index in [0.717, 1.165) is 28.6 Å². The normalized spacial score (nSPS) is 16.9. The number of carbonyl (C=O) groups is 2. The first-order chi connectivity index (χ1) is 19.7. The lowest BCUT2D eigenvalue weighted by molar-refractivity contribution is -0.384. The molecule has 0 radical (unpaired) electrons. The summed E-state index contributed by atoms with van der Waals surface area (Å²) in [5, 5.41) is 21.8. The molecule has 2 aliphatic rings. The maximum absolute atomic E-state index is 13.8. The molecule has 208 valence electrons. The minimum atomic E-state index is -1.97. The Hall–Kier alpha value is -5.26. The highest BCUT2D eigenvalue weighted by Gasteiger charge is 2.51. The van der Waals surface area contributed by atoms with E-state index in [1.807, 2.05) is 6.92 Å². The average molecular weight is 558 g/mol. The molecule has 6 rings (SSSR count). The predicted octanol–water partition coefficient (Wildman–Crippen LogP) is 4.48. The van der Waals surface area contributed by atoms with Crippen molar-refractivity contribution in [1.29, 1.82) is 0 Å². The van der Waals surface area contributed by atoms with Gasteiger partial charge in [-0.15, -0.1) is 0 Å². The van der Waals surface area contributed by atoms with Gasteiger partial charge in [0.2, 0.25) is 5.60 Å². The summed E-state index contributed by atoms with van der Waals surface area (Å²) in [5.74, 6) is -0.779. The molecule has 0 fully saturated rings. The molecule has 4 heterocycles. The molecular formula is C29H23N3O9. The van der Waals surface area contributed by atoms with E-state index in [9.17, 15) is 29.6 Å². The third-order valence-corrected chi connectivity index (χ3v) is 7.62. The van der Waals surface area contributed by atoms with E-state index in [1.165, 1.54) is 12.1 Å². The number of nitrogens with zero attached hydrogens (tertiary/aromatic N) is 3. The maximum Gasteiger partial charge on any atom is 0.515 e. The minimum absolute atomic E-state index is 0.0339. The van der Waals surface area contributed by atoms with E-state index >= 15 is 0 Å². The number of nitro groups is 1. The highest BCUT2D eigenvalue weighted by Crippen LogP contribution is 2.42. The van der Waals surface area contributed by atoms with Crippen LogP contribution >= 0.6 is 0 Å². The molecule has 12 heteroatoms. The van der Waals surface area contributed by atoms with E-state index in [2.05, 4.69) is 0 Å². The molecule has 41 heavy (non-hydrogen) atoms.